The maximum absolute atomic E-state index is 13.3. The van der Waals surface area contributed by atoms with Crippen LogP contribution in [-0.2, 0) is 23.1 Å². The summed E-state index contributed by atoms with van der Waals surface area (Å²) in [5.74, 6) is 0.892. The molecule has 0 bridgehead atoms. The zero-order valence-electron chi connectivity index (χ0n) is 17.7. The Hall–Kier alpha value is -2.99. The lowest BCUT2D eigenvalue weighted by atomic mass is 9.96. The molecule has 3 aliphatic rings. The van der Waals surface area contributed by atoms with Crippen LogP contribution in [0.1, 0.15) is 42.5 Å². The van der Waals surface area contributed by atoms with Crippen LogP contribution in [0.5, 0.6) is 0 Å². The fraction of sp³-hybridized carbons (Fsp3) is 0.524. The number of imidazole rings is 1. The fourth-order valence-corrected chi connectivity index (χ4v) is 5.13. The molecular weight excluding hydrogens is 437 g/mol. The van der Waals surface area contributed by atoms with E-state index < -0.39 is 23.3 Å². The van der Waals surface area contributed by atoms with E-state index in [9.17, 15) is 13.2 Å². The van der Waals surface area contributed by atoms with Gasteiger partial charge >= 0.3 is 6.18 Å². The van der Waals surface area contributed by atoms with Gasteiger partial charge in [0.05, 0.1) is 31.1 Å². The fourth-order valence-electron chi connectivity index (χ4n) is 5.13. The number of fused-ring (bicyclic) bond motifs is 2. The molecule has 1 spiro atoms. The standard InChI is InChI=1S/C21H23F3N8O/c22-21(23,24)17-18(25)28-10-14(29-17)13-9-15-20(33-8-7-32(15)30-13)3-6-31(11-20)16(12-1-2-12)19-26-4-5-27-19/h4-5,9-10,12,16H,1-3,6-8,11H2,(H2,25,28)(H,26,27). The van der Waals surface area contributed by atoms with Gasteiger partial charge in [0.2, 0.25) is 0 Å². The van der Waals surface area contributed by atoms with E-state index in [0.717, 1.165) is 24.5 Å². The molecule has 0 amide bonds. The van der Waals surface area contributed by atoms with E-state index in [4.69, 9.17) is 10.5 Å². The molecule has 3 aromatic rings. The second-order valence-electron chi connectivity index (χ2n) is 8.94. The third-order valence-electron chi connectivity index (χ3n) is 6.78. The number of ether oxygens (including phenoxy) is 1. The summed E-state index contributed by atoms with van der Waals surface area (Å²) in [6.45, 7) is 2.51. The SMILES string of the molecule is Nc1ncc(-c2cc3n(n2)CCOC32CCN(C(c3ncc[nH]3)C3CC3)C2)nc1C(F)(F)F. The largest absolute Gasteiger partial charge is 0.437 e. The van der Waals surface area contributed by atoms with Gasteiger partial charge in [0.1, 0.15) is 22.8 Å². The zero-order chi connectivity index (χ0) is 22.8. The van der Waals surface area contributed by atoms with Gasteiger partial charge in [0, 0.05) is 25.5 Å². The minimum atomic E-state index is -4.69. The topological polar surface area (TPSA) is 111 Å². The number of nitrogens with two attached hydrogens (primary N) is 1. The summed E-state index contributed by atoms with van der Waals surface area (Å²) in [6, 6.07) is 1.99. The first-order valence-electron chi connectivity index (χ1n) is 11.0. The molecular formula is C21H23F3N8O. The summed E-state index contributed by atoms with van der Waals surface area (Å²) in [5, 5.41) is 4.55. The molecule has 9 nitrogen and oxygen atoms in total. The number of nitrogens with zero attached hydrogens (tertiary/aromatic N) is 6. The average molecular weight is 460 g/mol. The Morgan fingerprint density at radius 1 is 1.21 bits per heavy atom. The summed E-state index contributed by atoms with van der Waals surface area (Å²) in [6.07, 6.45) is 3.28. The van der Waals surface area contributed by atoms with E-state index in [2.05, 4.69) is 29.9 Å². The number of aromatic nitrogens is 6. The number of alkyl halides is 3. The minimum absolute atomic E-state index is 0.0369. The van der Waals surface area contributed by atoms with E-state index in [1.54, 1.807) is 12.3 Å². The van der Waals surface area contributed by atoms with Gasteiger partial charge in [-0.3, -0.25) is 9.58 Å². The van der Waals surface area contributed by atoms with Crippen LogP contribution in [0.4, 0.5) is 19.0 Å². The highest BCUT2D eigenvalue weighted by atomic mass is 19.4. The number of aromatic amines is 1. The number of likely N-dealkylation sites (tertiary alicyclic amines) is 1. The molecule has 1 saturated carbocycles. The lowest BCUT2D eigenvalue weighted by Gasteiger charge is -2.35. The summed E-state index contributed by atoms with van der Waals surface area (Å²) < 4.78 is 48.0. The Morgan fingerprint density at radius 2 is 2.06 bits per heavy atom. The molecule has 0 aromatic carbocycles. The lowest BCUT2D eigenvalue weighted by molar-refractivity contribution is -0.140. The third-order valence-corrected chi connectivity index (χ3v) is 6.78. The third kappa shape index (κ3) is 3.48. The Balaban J connectivity index is 1.33. The molecule has 5 heterocycles. The summed E-state index contributed by atoms with van der Waals surface area (Å²) in [7, 11) is 0. The van der Waals surface area contributed by atoms with Crippen LogP contribution in [-0.4, -0.2) is 54.3 Å². The van der Waals surface area contributed by atoms with E-state index in [1.165, 1.54) is 19.0 Å². The number of hydrogen-bond acceptors (Lipinski definition) is 7. The van der Waals surface area contributed by atoms with E-state index >= 15 is 0 Å². The second-order valence-corrected chi connectivity index (χ2v) is 8.94. The average Bonchev–Trinajstić information content (AvgIpc) is 3.16. The van der Waals surface area contributed by atoms with Gasteiger partial charge in [-0.1, -0.05) is 0 Å². The van der Waals surface area contributed by atoms with Crippen molar-refractivity contribution in [2.75, 3.05) is 25.4 Å². The van der Waals surface area contributed by atoms with Gasteiger partial charge in [-0.2, -0.15) is 18.3 Å². The molecule has 1 aliphatic carbocycles. The number of nitrogens with one attached hydrogen (secondary N) is 1. The van der Waals surface area contributed by atoms with Gasteiger partial charge < -0.3 is 15.5 Å². The second kappa shape index (κ2) is 7.26. The predicted octanol–water partition coefficient (Wildman–Crippen LogP) is 2.75. The van der Waals surface area contributed by atoms with E-state index in [-0.39, 0.29) is 11.7 Å². The summed E-state index contributed by atoms with van der Waals surface area (Å²) in [4.78, 5) is 17.6. The highest BCUT2D eigenvalue weighted by Gasteiger charge is 2.50. The van der Waals surface area contributed by atoms with Crippen molar-refractivity contribution in [2.45, 2.75) is 43.6 Å². The molecule has 1 saturated heterocycles. The van der Waals surface area contributed by atoms with Crippen molar-refractivity contribution in [1.29, 1.82) is 0 Å². The predicted molar refractivity (Wildman–Crippen MR) is 111 cm³/mol. The van der Waals surface area contributed by atoms with Crippen LogP contribution in [0, 0.1) is 5.92 Å². The molecule has 33 heavy (non-hydrogen) atoms. The van der Waals surface area contributed by atoms with Crippen LogP contribution >= 0.6 is 0 Å². The summed E-state index contributed by atoms with van der Waals surface area (Å²) in [5.41, 5.74) is 4.86. The molecule has 2 unspecified atom stereocenters. The number of H-pyrrole nitrogens is 1. The molecule has 0 radical (unpaired) electrons. The highest BCUT2D eigenvalue weighted by molar-refractivity contribution is 5.56. The van der Waals surface area contributed by atoms with Crippen LogP contribution in [0.15, 0.2) is 24.7 Å². The minimum Gasteiger partial charge on any atom is -0.382 e. The highest BCUT2D eigenvalue weighted by Crippen LogP contribution is 2.48. The van der Waals surface area contributed by atoms with Gasteiger partial charge in [0.15, 0.2) is 11.5 Å². The van der Waals surface area contributed by atoms with Crippen LogP contribution in [0.3, 0.4) is 0 Å². The summed E-state index contributed by atoms with van der Waals surface area (Å²) >= 11 is 0. The van der Waals surface area contributed by atoms with E-state index in [1.807, 2.05) is 10.9 Å². The number of halogens is 3. The quantitative estimate of drug-likeness (QED) is 0.616. The molecule has 2 aliphatic heterocycles. The van der Waals surface area contributed by atoms with Gasteiger partial charge in [-0.25, -0.2) is 15.0 Å². The lowest BCUT2D eigenvalue weighted by Crippen LogP contribution is -2.41. The molecule has 174 valence electrons. The van der Waals surface area contributed by atoms with Crippen molar-refractivity contribution in [3.63, 3.8) is 0 Å². The number of rotatable bonds is 4. The first kappa shape index (κ1) is 20.6. The molecule has 6 rings (SSSR count). The maximum atomic E-state index is 13.3. The molecule has 3 N–H and O–H groups in total. The zero-order valence-corrected chi connectivity index (χ0v) is 17.7. The molecule has 3 aromatic heterocycles. The van der Waals surface area contributed by atoms with Crippen molar-refractivity contribution in [3.05, 3.63) is 41.9 Å². The van der Waals surface area contributed by atoms with E-state index in [0.29, 0.717) is 31.3 Å². The van der Waals surface area contributed by atoms with Crippen molar-refractivity contribution in [3.8, 4) is 11.4 Å². The van der Waals surface area contributed by atoms with Crippen molar-refractivity contribution >= 4 is 5.82 Å². The van der Waals surface area contributed by atoms with Crippen molar-refractivity contribution in [2.24, 2.45) is 5.92 Å². The van der Waals surface area contributed by atoms with Crippen LogP contribution < -0.4 is 5.73 Å². The maximum Gasteiger partial charge on any atom is 0.437 e. The normalized spacial score (nSPS) is 24.3. The Morgan fingerprint density at radius 3 is 2.79 bits per heavy atom. The van der Waals surface area contributed by atoms with Crippen LogP contribution in [0.2, 0.25) is 0 Å². The molecule has 2 fully saturated rings. The van der Waals surface area contributed by atoms with Crippen molar-refractivity contribution < 1.29 is 17.9 Å². The smallest absolute Gasteiger partial charge is 0.382 e. The van der Waals surface area contributed by atoms with Crippen LogP contribution in [0.25, 0.3) is 11.4 Å². The first-order chi connectivity index (χ1) is 15.8. The number of hydrogen-bond donors (Lipinski definition) is 2. The van der Waals surface area contributed by atoms with Crippen molar-refractivity contribution in [1.82, 2.24) is 34.6 Å². The molecule has 2 atom stereocenters. The first-order valence-corrected chi connectivity index (χ1v) is 11.0. The van der Waals surface area contributed by atoms with Gasteiger partial charge in [-0.05, 0) is 31.2 Å². The Kier molecular flexibility index (Phi) is 4.53. The number of nitrogen functional groups attached to an aromatic ring is 1. The monoisotopic (exact) mass is 460 g/mol. The van der Waals surface area contributed by atoms with Gasteiger partial charge in [-0.15, -0.1) is 0 Å². The Bertz CT molecular complexity index is 1170. The number of anilines is 1. The Labute approximate surface area is 187 Å². The molecule has 12 heteroatoms. The van der Waals surface area contributed by atoms with Gasteiger partial charge in [0.25, 0.3) is 0 Å².